The summed E-state index contributed by atoms with van der Waals surface area (Å²) in [5.41, 5.74) is 0.0412. The van der Waals surface area contributed by atoms with Crippen molar-refractivity contribution in [2.75, 3.05) is 13.2 Å². The van der Waals surface area contributed by atoms with Gasteiger partial charge >= 0.3 is 0 Å². The number of rotatable bonds is 4. The molecule has 1 unspecified atom stereocenters. The zero-order valence-corrected chi connectivity index (χ0v) is 8.55. The van der Waals surface area contributed by atoms with Gasteiger partial charge in [0, 0.05) is 13.0 Å². The number of hydrogen-bond donors (Lipinski definition) is 0. The van der Waals surface area contributed by atoms with Gasteiger partial charge in [0.1, 0.15) is 0 Å². The zero-order valence-electron chi connectivity index (χ0n) is 8.55. The van der Waals surface area contributed by atoms with E-state index in [0.29, 0.717) is 0 Å². The van der Waals surface area contributed by atoms with Crippen LogP contribution in [0.1, 0.15) is 39.0 Å². The van der Waals surface area contributed by atoms with Gasteiger partial charge < -0.3 is 9.47 Å². The fourth-order valence-corrected chi connectivity index (χ4v) is 1.72. The summed E-state index contributed by atoms with van der Waals surface area (Å²) < 4.78 is 10.9. The average molecular weight is 184 g/mol. The molecule has 0 saturated carbocycles. The molecule has 2 nitrogen and oxygen atoms in total. The minimum absolute atomic E-state index is 0.0412. The van der Waals surface area contributed by atoms with Crippen molar-refractivity contribution < 1.29 is 9.47 Å². The molecule has 0 aromatic carbocycles. The Morgan fingerprint density at radius 2 is 2.31 bits per heavy atom. The average Bonchev–Trinajstić information content (AvgIpc) is 2.31. The van der Waals surface area contributed by atoms with Crippen molar-refractivity contribution in [3.05, 3.63) is 12.8 Å². The predicted molar refractivity (Wildman–Crippen MR) is 53.6 cm³/mol. The van der Waals surface area contributed by atoms with Crippen molar-refractivity contribution >= 4 is 0 Å². The summed E-state index contributed by atoms with van der Waals surface area (Å²) in [7, 11) is 0. The van der Waals surface area contributed by atoms with Crippen molar-refractivity contribution in [2.24, 2.45) is 0 Å². The van der Waals surface area contributed by atoms with E-state index in [4.69, 9.17) is 9.47 Å². The van der Waals surface area contributed by atoms with E-state index < -0.39 is 0 Å². The summed E-state index contributed by atoms with van der Waals surface area (Å²) >= 11 is 0. The normalized spacial score (nSPS) is 29.3. The minimum atomic E-state index is 0.0412. The maximum Gasteiger partial charge on any atom is 0.0900 e. The Bertz CT molecular complexity index is 146. The second-order valence-corrected chi connectivity index (χ2v) is 3.90. The van der Waals surface area contributed by atoms with Crippen molar-refractivity contribution in [2.45, 2.75) is 44.6 Å². The molecular formula is C11H20O2. The minimum Gasteiger partial charge on any atom is -0.502 e. The van der Waals surface area contributed by atoms with Crippen LogP contribution in [0.4, 0.5) is 0 Å². The lowest BCUT2D eigenvalue weighted by molar-refractivity contribution is -0.0440. The van der Waals surface area contributed by atoms with Crippen molar-refractivity contribution in [3.8, 4) is 0 Å². The summed E-state index contributed by atoms with van der Waals surface area (Å²) in [6.07, 6.45) is 7.42. The molecule has 0 radical (unpaired) electrons. The van der Waals surface area contributed by atoms with Gasteiger partial charge in [0.25, 0.3) is 0 Å². The Morgan fingerprint density at radius 3 is 3.08 bits per heavy atom. The molecular weight excluding hydrogens is 164 g/mol. The van der Waals surface area contributed by atoms with Crippen LogP contribution in [0.2, 0.25) is 0 Å². The van der Waals surface area contributed by atoms with Crippen molar-refractivity contribution in [1.29, 1.82) is 0 Å². The highest BCUT2D eigenvalue weighted by atomic mass is 16.5. The lowest BCUT2D eigenvalue weighted by Crippen LogP contribution is -2.29. The molecule has 0 amide bonds. The molecule has 0 spiro atoms. The van der Waals surface area contributed by atoms with Crippen LogP contribution in [0.5, 0.6) is 0 Å². The van der Waals surface area contributed by atoms with E-state index in [-0.39, 0.29) is 5.60 Å². The summed E-state index contributed by atoms with van der Waals surface area (Å²) in [4.78, 5) is 0. The highest BCUT2D eigenvalue weighted by Crippen LogP contribution is 2.26. The molecule has 1 saturated heterocycles. The van der Waals surface area contributed by atoms with Crippen molar-refractivity contribution in [3.63, 3.8) is 0 Å². The third kappa shape index (κ3) is 3.81. The highest BCUT2D eigenvalue weighted by Gasteiger charge is 2.26. The molecule has 1 aliphatic heterocycles. The first-order valence-electron chi connectivity index (χ1n) is 5.13. The molecule has 1 heterocycles. The molecule has 2 heteroatoms. The molecule has 13 heavy (non-hydrogen) atoms. The Morgan fingerprint density at radius 1 is 1.46 bits per heavy atom. The van der Waals surface area contributed by atoms with Crippen LogP contribution in [-0.2, 0) is 9.47 Å². The monoisotopic (exact) mass is 184 g/mol. The van der Waals surface area contributed by atoms with E-state index in [1.807, 2.05) is 0 Å². The smallest absolute Gasteiger partial charge is 0.0900 e. The molecule has 1 aliphatic rings. The largest absolute Gasteiger partial charge is 0.502 e. The van der Waals surface area contributed by atoms with Crippen LogP contribution >= 0.6 is 0 Å². The second kappa shape index (κ2) is 5.28. The van der Waals surface area contributed by atoms with Crippen LogP contribution in [0.25, 0.3) is 0 Å². The Labute approximate surface area is 80.9 Å². The molecule has 0 N–H and O–H groups in total. The first kappa shape index (κ1) is 10.6. The summed E-state index contributed by atoms with van der Waals surface area (Å²) in [6, 6.07) is 0. The molecule has 0 bridgehead atoms. The van der Waals surface area contributed by atoms with E-state index in [9.17, 15) is 0 Å². The maximum absolute atomic E-state index is 5.82. The fourth-order valence-electron chi connectivity index (χ4n) is 1.72. The molecule has 1 atom stereocenters. The maximum atomic E-state index is 5.82. The standard InChI is InChI=1S/C11H20O2/c1-3-12-10-8-11(2)7-5-4-6-9-13-11/h3H,1,4-10H2,2H3. The SMILES string of the molecule is C=COCCC1(C)CCCCCO1. The Kier molecular flexibility index (Phi) is 4.29. The molecule has 0 aromatic rings. The van der Waals surface area contributed by atoms with E-state index in [1.165, 1.54) is 25.5 Å². The second-order valence-electron chi connectivity index (χ2n) is 3.90. The van der Waals surface area contributed by atoms with Gasteiger partial charge in [-0.05, 0) is 19.8 Å². The van der Waals surface area contributed by atoms with Gasteiger partial charge in [-0.25, -0.2) is 0 Å². The number of ether oxygens (including phenoxy) is 2. The molecule has 0 aliphatic carbocycles. The van der Waals surface area contributed by atoms with E-state index in [2.05, 4.69) is 13.5 Å². The summed E-state index contributed by atoms with van der Waals surface area (Å²) in [5, 5.41) is 0. The Hall–Kier alpha value is -0.500. The van der Waals surface area contributed by atoms with Crippen molar-refractivity contribution in [1.82, 2.24) is 0 Å². The zero-order chi connectivity index (χ0) is 9.57. The van der Waals surface area contributed by atoms with E-state index in [0.717, 1.165) is 26.1 Å². The van der Waals surface area contributed by atoms with Gasteiger partial charge in [0.2, 0.25) is 0 Å². The lowest BCUT2D eigenvalue weighted by Gasteiger charge is -2.27. The predicted octanol–water partition coefficient (Wildman–Crippen LogP) is 2.89. The van der Waals surface area contributed by atoms with Gasteiger partial charge in [-0.2, -0.15) is 0 Å². The van der Waals surface area contributed by atoms with Crippen LogP contribution < -0.4 is 0 Å². The van der Waals surface area contributed by atoms with Crippen LogP contribution in [-0.4, -0.2) is 18.8 Å². The first-order chi connectivity index (χ1) is 6.27. The highest BCUT2D eigenvalue weighted by molar-refractivity contribution is 4.77. The van der Waals surface area contributed by atoms with Gasteiger partial charge in [-0.15, -0.1) is 0 Å². The molecule has 1 rings (SSSR count). The van der Waals surface area contributed by atoms with Gasteiger partial charge in [0.05, 0.1) is 18.5 Å². The molecule has 1 fully saturated rings. The third-order valence-corrected chi connectivity index (χ3v) is 2.67. The number of hydrogen-bond acceptors (Lipinski definition) is 2. The van der Waals surface area contributed by atoms with Crippen LogP contribution in [0, 0.1) is 0 Å². The summed E-state index contributed by atoms with van der Waals surface area (Å²) in [6.45, 7) is 7.34. The lowest BCUT2D eigenvalue weighted by atomic mass is 9.96. The van der Waals surface area contributed by atoms with E-state index in [1.54, 1.807) is 0 Å². The van der Waals surface area contributed by atoms with Crippen LogP contribution in [0.15, 0.2) is 12.8 Å². The molecule has 0 aromatic heterocycles. The topological polar surface area (TPSA) is 18.5 Å². The quantitative estimate of drug-likeness (QED) is 0.494. The van der Waals surface area contributed by atoms with Gasteiger partial charge in [-0.1, -0.05) is 19.4 Å². The summed E-state index contributed by atoms with van der Waals surface area (Å²) in [5.74, 6) is 0. The van der Waals surface area contributed by atoms with Gasteiger partial charge in [-0.3, -0.25) is 0 Å². The van der Waals surface area contributed by atoms with E-state index >= 15 is 0 Å². The third-order valence-electron chi connectivity index (χ3n) is 2.67. The van der Waals surface area contributed by atoms with Crippen LogP contribution in [0.3, 0.4) is 0 Å². The molecule has 76 valence electrons. The van der Waals surface area contributed by atoms with Gasteiger partial charge in [0.15, 0.2) is 0 Å². The Balaban J connectivity index is 2.28. The fraction of sp³-hybridized carbons (Fsp3) is 0.818. The first-order valence-corrected chi connectivity index (χ1v) is 5.13.